The van der Waals surface area contributed by atoms with Gasteiger partial charge in [0.25, 0.3) is 0 Å². The van der Waals surface area contributed by atoms with E-state index in [4.69, 9.17) is 4.74 Å². The third kappa shape index (κ3) is 3.57. The molecule has 1 aromatic carbocycles. The standard InChI is InChI=1S/C15H23NO2/c1-4-15(5-2,14(17)18-6-3)16-12-13-10-8-7-9-11-13/h7-11,16H,4-6,12H2,1-3H3. The summed E-state index contributed by atoms with van der Waals surface area (Å²) in [5.74, 6) is -0.147. The van der Waals surface area contributed by atoms with E-state index in [-0.39, 0.29) is 5.97 Å². The molecule has 3 nitrogen and oxygen atoms in total. The first kappa shape index (κ1) is 14.7. The molecule has 100 valence electrons. The molecule has 0 amide bonds. The highest BCUT2D eigenvalue weighted by atomic mass is 16.5. The van der Waals surface area contributed by atoms with Crippen molar-refractivity contribution in [1.82, 2.24) is 5.32 Å². The molecule has 0 unspecified atom stereocenters. The van der Waals surface area contributed by atoms with Gasteiger partial charge < -0.3 is 4.74 Å². The Morgan fingerprint density at radius 1 is 1.17 bits per heavy atom. The van der Waals surface area contributed by atoms with E-state index < -0.39 is 5.54 Å². The van der Waals surface area contributed by atoms with Crippen molar-refractivity contribution in [3.05, 3.63) is 35.9 Å². The second-order valence-corrected chi connectivity index (χ2v) is 4.35. The molecule has 0 saturated heterocycles. The van der Waals surface area contributed by atoms with Gasteiger partial charge in [0, 0.05) is 6.54 Å². The Morgan fingerprint density at radius 3 is 2.28 bits per heavy atom. The second-order valence-electron chi connectivity index (χ2n) is 4.35. The van der Waals surface area contributed by atoms with Crippen molar-refractivity contribution >= 4 is 5.97 Å². The first-order chi connectivity index (χ1) is 8.68. The summed E-state index contributed by atoms with van der Waals surface area (Å²) in [7, 11) is 0. The lowest BCUT2D eigenvalue weighted by atomic mass is 9.92. The fourth-order valence-electron chi connectivity index (χ4n) is 2.00. The second kappa shape index (κ2) is 7.17. The van der Waals surface area contributed by atoms with E-state index >= 15 is 0 Å². The van der Waals surface area contributed by atoms with E-state index in [9.17, 15) is 4.79 Å². The Labute approximate surface area is 110 Å². The SMILES string of the molecule is CCOC(=O)C(CC)(CC)NCc1ccccc1. The molecule has 0 aromatic heterocycles. The van der Waals surface area contributed by atoms with Crippen molar-refractivity contribution in [2.24, 2.45) is 0 Å². The van der Waals surface area contributed by atoms with Crippen LogP contribution in [0.25, 0.3) is 0 Å². The number of ether oxygens (including phenoxy) is 1. The van der Waals surface area contributed by atoms with Crippen molar-refractivity contribution < 1.29 is 9.53 Å². The van der Waals surface area contributed by atoms with Gasteiger partial charge in [-0.1, -0.05) is 44.2 Å². The van der Waals surface area contributed by atoms with Gasteiger partial charge in [0.15, 0.2) is 0 Å². The molecular formula is C15H23NO2. The van der Waals surface area contributed by atoms with Crippen LogP contribution in [0.15, 0.2) is 30.3 Å². The summed E-state index contributed by atoms with van der Waals surface area (Å²) in [6.45, 7) is 6.97. The van der Waals surface area contributed by atoms with Gasteiger partial charge in [0.1, 0.15) is 5.54 Å². The van der Waals surface area contributed by atoms with E-state index in [1.165, 1.54) is 5.56 Å². The normalized spacial score (nSPS) is 11.3. The molecule has 0 saturated carbocycles. The lowest BCUT2D eigenvalue weighted by Crippen LogP contribution is -2.51. The molecule has 3 heteroatoms. The van der Waals surface area contributed by atoms with Gasteiger partial charge in [-0.25, -0.2) is 0 Å². The molecule has 18 heavy (non-hydrogen) atoms. The van der Waals surface area contributed by atoms with Crippen molar-refractivity contribution in [1.29, 1.82) is 0 Å². The van der Waals surface area contributed by atoms with Crippen LogP contribution >= 0.6 is 0 Å². The summed E-state index contributed by atoms with van der Waals surface area (Å²) in [6.07, 6.45) is 1.46. The first-order valence-corrected chi connectivity index (χ1v) is 6.64. The van der Waals surface area contributed by atoms with Gasteiger partial charge in [0.05, 0.1) is 6.61 Å². The largest absolute Gasteiger partial charge is 0.465 e. The van der Waals surface area contributed by atoms with Crippen LogP contribution in [0.5, 0.6) is 0 Å². The van der Waals surface area contributed by atoms with Crippen LogP contribution in [-0.4, -0.2) is 18.1 Å². The number of carbonyl (C=O) groups is 1. The molecule has 0 atom stereocenters. The molecule has 0 heterocycles. The van der Waals surface area contributed by atoms with Gasteiger partial charge in [-0.15, -0.1) is 0 Å². The molecule has 0 spiro atoms. The van der Waals surface area contributed by atoms with E-state index in [0.717, 1.165) is 12.8 Å². The third-order valence-corrected chi connectivity index (χ3v) is 3.35. The first-order valence-electron chi connectivity index (χ1n) is 6.64. The van der Waals surface area contributed by atoms with E-state index in [1.807, 2.05) is 51.1 Å². The number of benzene rings is 1. The third-order valence-electron chi connectivity index (χ3n) is 3.35. The quantitative estimate of drug-likeness (QED) is 0.755. The number of rotatable bonds is 7. The summed E-state index contributed by atoms with van der Waals surface area (Å²) < 4.78 is 5.18. The Bertz CT molecular complexity index is 358. The molecule has 0 aliphatic carbocycles. The summed E-state index contributed by atoms with van der Waals surface area (Å²) in [6, 6.07) is 10.1. The van der Waals surface area contributed by atoms with Gasteiger partial charge >= 0.3 is 5.97 Å². The van der Waals surface area contributed by atoms with Crippen LogP contribution in [-0.2, 0) is 16.1 Å². The van der Waals surface area contributed by atoms with Crippen LogP contribution < -0.4 is 5.32 Å². The van der Waals surface area contributed by atoms with E-state index in [0.29, 0.717) is 13.2 Å². The molecular weight excluding hydrogens is 226 g/mol. The zero-order valence-corrected chi connectivity index (χ0v) is 11.5. The number of carbonyl (C=O) groups excluding carboxylic acids is 1. The predicted octanol–water partition coefficient (Wildman–Crippen LogP) is 2.90. The monoisotopic (exact) mass is 249 g/mol. The van der Waals surface area contributed by atoms with Crippen LogP contribution in [0.4, 0.5) is 0 Å². The lowest BCUT2D eigenvalue weighted by Gasteiger charge is -2.30. The highest BCUT2D eigenvalue weighted by Crippen LogP contribution is 2.18. The maximum Gasteiger partial charge on any atom is 0.326 e. The van der Waals surface area contributed by atoms with E-state index in [2.05, 4.69) is 5.32 Å². The average Bonchev–Trinajstić information content (AvgIpc) is 2.42. The highest BCUT2D eigenvalue weighted by Gasteiger charge is 2.35. The van der Waals surface area contributed by atoms with Crippen molar-refractivity contribution in [3.8, 4) is 0 Å². The zero-order valence-electron chi connectivity index (χ0n) is 11.5. The summed E-state index contributed by atoms with van der Waals surface area (Å²) in [5, 5.41) is 3.36. The lowest BCUT2D eigenvalue weighted by molar-refractivity contribution is -0.151. The van der Waals surface area contributed by atoms with Crippen LogP contribution in [0.3, 0.4) is 0 Å². The molecule has 1 rings (SSSR count). The Balaban J connectivity index is 2.71. The molecule has 0 fully saturated rings. The minimum Gasteiger partial charge on any atom is -0.465 e. The molecule has 1 aromatic rings. The number of esters is 1. The van der Waals surface area contributed by atoms with Gasteiger partial charge in [0.2, 0.25) is 0 Å². The number of nitrogens with one attached hydrogen (secondary N) is 1. The van der Waals surface area contributed by atoms with Crippen LogP contribution in [0, 0.1) is 0 Å². The Hall–Kier alpha value is -1.35. The summed E-state index contributed by atoms with van der Waals surface area (Å²) >= 11 is 0. The summed E-state index contributed by atoms with van der Waals surface area (Å²) in [4.78, 5) is 12.1. The summed E-state index contributed by atoms with van der Waals surface area (Å²) in [5.41, 5.74) is 0.611. The molecule has 0 bridgehead atoms. The molecule has 0 aliphatic rings. The fourth-order valence-corrected chi connectivity index (χ4v) is 2.00. The van der Waals surface area contributed by atoms with Crippen LogP contribution in [0.2, 0.25) is 0 Å². The zero-order chi connectivity index (χ0) is 13.4. The maximum absolute atomic E-state index is 12.1. The molecule has 0 aliphatic heterocycles. The minimum atomic E-state index is -0.564. The van der Waals surface area contributed by atoms with Gasteiger partial charge in [-0.3, -0.25) is 10.1 Å². The van der Waals surface area contributed by atoms with E-state index in [1.54, 1.807) is 0 Å². The van der Waals surface area contributed by atoms with Crippen molar-refractivity contribution in [3.63, 3.8) is 0 Å². The van der Waals surface area contributed by atoms with Gasteiger partial charge in [-0.05, 0) is 25.3 Å². The minimum absolute atomic E-state index is 0.147. The Morgan fingerprint density at radius 2 is 1.78 bits per heavy atom. The highest BCUT2D eigenvalue weighted by molar-refractivity contribution is 5.80. The smallest absolute Gasteiger partial charge is 0.326 e. The Kier molecular flexibility index (Phi) is 5.86. The topological polar surface area (TPSA) is 38.3 Å². The maximum atomic E-state index is 12.1. The number of hydrogen-bond donors (Lipinski definition) is 1. The fraction of sp³-hybridized carbons (Fsp3) is 0.533. The van der Waals surface area contributed by atoms with Gasteiger partial charge in [-0.2, -0.15) is 0 Å². The number of hydrogen-bond acceptors (Lipinski definition) is 3. The predicted molar refractivity (Wildman–Crippen MR) is 73.2 cm³/mol. The van der Waals surface area contributed by atoms with Crippen molar-refractivity contribution in [2.75, 3.05) is 6.61 Å². The average molecular weight is 249 g/mol. The molecule has 0 radical (unpaired) electrons. The molecule has 1 N–H and O–H groups in total. The van der Waals surface area contributed by atoms with Crippen LogP contribution in [0.1, 0.15) is 39.2 Å². The van der Waals surface area contributed by atoms with Crippen molar-refractivity contribution in [2.45, 2.75) is 45.7 Å².